The quantitative estimate of drug-likeness (QED) is 0.509. The Morgan fingerprint density at radius 3 is 2.79 bits per heavy atom. The standard InChI is InChI=1S/C21H15FN2O4/c1-11-19(20(24-28-11)13-3-2-4-14(22)9-13)21(27)16-10-23-17-7-12(8-18(25)26)5-6-15(16)17/h2-7,9-10,23H,8H2,1H3,(H,25,26). The summed E-state index contributed by atoms with van der Waals surface area (Å²) in [4.78, 5) is 27.1. The van der Waals surface area contributed by atoms with Crippen LogP contribution in [0.2, 0.25) is 0 Å². The number of carbonyl (C=O) groups excluding carboxylic acids is 1. The van der Waals surface area contributed by atoms with Gasteiger partial charge < -0.3 is 14.6 Å². The fourth-order valence-electron chi connectivity index (χ4n) is 3.25. The van der Waals surface area contributed by atoms with Crippen molar-refractivity contribution in [2.75, 3.05) is 0 Å². The molecule has 0 amide bonds. The Balaban J connectivity index is 1.79. The monoisotopic (exact) mass is 378 g/mol. The molecule has 0 bridgehead atoms. The number of nitrogens with one attached hydrogen (secondary N) is 1. The lowest BCUT2D eigenvalue weighted by atomic mass is 9.97. The average Bonchev–Trinajstić information content (AvgIpc) is 3.24. The van der Waals surface area contributed by atoms with Gasteiger partial charge in [0.25, 0.3) is 0 Å². The van der Waals surface area contributed by atoms with Crippen LogP contribution in [0, 0.1) is 12.7 Å². The van der Waals surface area contributed by atoms with E-state index in [4.69, 9.17) is 9.63 Å². The van der Waals surface area contributed by atoms with Crippen LogP contribution in [0.1, 0.15) is 27.2 Å². The number of aryl methyl sites for hydroxylation is 1. The van der Waals surface area contributed by atoms with E-state index in [0.29, 0.717) is 33.4 Å². The van der Waals surface area contributed by atoms with Crippen molar-refractivity contribution in [3.63, 3.8) is 0 Å². The molecular weight excluding hydrogens is 363 g/mol. The predicted molar refractivity (Wildman–Crippen MR) is 99.7 cm³/mol. The van der Waals surface area contributed by atoms with Gasteiger partial charge >= 0.3 is 5.97 Å². The third-order valence-corrected chi connectivity index (χ3v) is 4.53. The Morgan fingerprint density at radius 1 is 1.21 bits per heavy atom. The fourth-order valence-corrected chi connectivity index (χ4v) is 3.25. The minimum atomic E-state index is -0.929. The Kier molecular flexibility index (Phi) is 4.27. The van der Waals surface area contributed by atoms with Gasteiger partial charge in [-0.05, 0) is 30.7 Å². The first-order valence-electron chi connectivity index (χ1n) is 8.53. The molecule has 0 aliphatic rings. The van der Waals surface area contributed by atoms with Gasteiger partial charge in [0, 0.05) is 28.2 Å². The Bertz CT molecular complexity index is 1220. The molecule has 0 saturated heterocycles. The first-order chi connectivity index (χ1) is 13.4. The first-order valence-corrected chi connectivity index (χ1v) is 8.53. The molecule has 0 spiro atoms. The Morgan fingerprint density at radius 2 is 2.04 bits per heavy atom. The van der Waals surface area contributed by atoms with E-state index in [2.05, 4.69) is 10.1 Å². The predicted octanol–water partition coefficient (Wildman–Crippen LogP) is 4.13. The zero-order valence-electron chi connectivity index (χ0n) is 14.8. The van der Waals surface area contributed by atoms with E-state index in [-0.39, 0.29) is 23.5 Å². The number of ketones is 1. The maximum atomic E-state index is 13.6. The molecule has 2 aromatic heterocycles. The number of carboxylic acid groups (broad SMARTS) is 1. The number of aromatic amines is 1. The highest BCUT2D eigenvalue weighted by Crippen LogP contribution is 2.30. The number of rotatable bonds is 5. The van der Waals surface area contributed by atoms with Crippen molar-refractivity contribution in [3.8, 4) is 11.3 Å². The number of H-pyrrole nitrogens is 1. The summed E-state index contributed by atoms with van der Waals surface area (Å²) in [5.41, 5.74) is 2.68. The summed E-state index contributed by atoms with van der Waals surface area (Å²) in [6.45, 7) is 1.63. The highest BCUT2D eigenvalue weighted by molar-refractivity contribution is 6.19. The number of hydrogen-bond acceptors (Lipinski definition) is 4. The normalized spacial score (nSPS) is 11.1. The number of halogens is 1. The summed E-state index contributed by atoms with van der Waals surface area (Å²) in [6, 6.07) is 10.9. The van der Waals surface area contributed by atoms with Crippen LogP contribution >= 0.6 is 0 Å². The van der Waals surface area contributed by atoms with E-state index in [1.165, 1.54) is 12.1 Å². The summed E-state index contributed by atoms with van der Waals surface area (Å²) in [5.74, 6) is -1.34. The van der Waals surface area contributed by atoms with E-state index in [1.807, 2.05) is 0 Å². The van der Waals surface area contributed by atoms with E-state index in [0.717, 1.165) is 0 Å². The number of nitrogens with zero attached hydrogens (tertiary/aromatic N) is 1. The molecule has 2 heterocycles. The second kappa shape index (κ2) is 6.77. The van der Waals surface area contributed by atoms with Crippen LogP contribution in [-0.2, 0) is 11.2 Å². The molecule has 0 fully saturated rings. The lowest BCUT2D eigenvalue weighted by molar-refractivity contribution is -0.136. The number of hydrogen-bond donors (Lipinski definition) is 2. The largest absolute Gasteiger partial charge is 0.481 e. The number of aliphatic carboxylic acids is 1. The number of aromatic nitrogens is 2. The second-order valence-electron chi connectivity index (χ2n) is 6.45. The van der Waals surface area contributed by atoms with Crippen molar-refractivity contribution in [3.05, 3.63) is 76.9 Å². The van der Waals surface area contributed by atoms with Gasteiger partial charge in [0.1, 0.15) is 17.3 Å². The second-order valence-corrected chi connectivity index (χ2v) is 6.45. The van der Waals surface area contributed by atoms with Crippen LogP contribution in [0.3, 0.4) is 0 Å². The van der Waals surface area contributed by atoms with Gasteiger partial charge in [0.15, 0.2) is 0 Å². The van der Waals surface area contributed by atoms with Gasteiger partial charge in [0.05, 0.1) is 12.0 Å². The number of benzene rings is 2. The topological polar surface area (TPSA) is 96.2 Å². The maximum Gasteiger partial charge on any atom is 0.307 e. The molecule has 6 nitrogen and oxygen atoms in total. The lowest BCUT2D eigenvalue weighted by Gasteiger charge is -2.03. The Labute approximate surface area is 158 Å². The average molecular weight is 378 g/mol. The molecule has 0 saturated carbocycles. The van der Waals surface area contributed by atoms with Crippen LogP contribution in [0.5, 0.6) is 0 Å². The van der Waals surface area contributed by atoms with E-state index in [1.54, 1.807) is 43.5 Å². The first kappa shape index (κ1) is 17.7. The minimum Gasteiger partial charge on any atom is -0.481 e. The summed E-state index contributed by atoms with van der Waals surface area (Å²) in [7, 11) is 0. The van der Waals surface area contributed by atoms with Crippen molar-refractivity contribution < 1.29 is 23.6 Å². The molecule has 4 rings (SSSR count). The van der Waals surface area contributed by atoms with E-state index >= 15 is 0 Å². The molecule has 2 N–H and O–H groups in total. The number of carboxylic acids is 1. The highest BCUT2D eigenvalue weighted by Gasteiger charge is 2.25. The summed E-state index contributed by atoms with van der Waals surface area (Å²) < 4.78 is 18.8. The van der Waals surface area contributed by atoms with E-state index in [9.17, 15) is 14.0 Å². The van der Waals surface area contributed by atoms with Gasteiger partial charge in [-0.2, -0.15) is 0 Å². The van der Waals surface area contributed by atoms with Crippen LogP contribution in [0.4, 0.5) is 4.39 Å². The van der Waals surface area contributed by atoms with Crippen LogP contribution in [0.15, 0.2) is 53.2 Å². The third kappa shape index (κ3) is 3.07. The molecule has 0 aliphatic carbocycles. The SMILES string of the molecule is Cc1onc(-c2cccc(F)c2)c1C(=O)c1c[nH]c2cc(CC(=O)O)ccc12. The summed E-state index contributed by atoms with van der Waals surface area (Å²) in [5, 5.41) is 13.5. The fraction of sp³-hybridized carbons (Fsp3) is 0.0952. The molecule has 7 heteroatoms. The summed E-state index contributed by atoms with van der Waals surface area (Å²) >= 11 is 0. The highest BCUT2D eigenvalue weighted by atomic mass is 19.1. The van der Waals surface area contributed by atoms with Crippen molar-refractivity contribution in [1.29, 1.82) is 0 Å². The summed E-state index contributed by atoms with van der Waals surface area (Å²) in [6.07, 6.45) is 1.46. The number of fused-ring (bicyclic) bond motifs is 1. The van der Waals surface area contributed by atoms with Crippen molar-refractivity contribution >= 4 is 22.7 Å². The third-order valence-electron chi connectivity index (χ3n) is 4.53. The molecule has 0 unspecified atom stereocenters. The minimum absolute atomic E-state index is 0.104. The van der Waals surface area contributed by atoms with Gasteiger partial charge in [0.2, 0.25) is 5.78 Å². The molecule has 0 aliphatic heterocycles. The van der Waals surface area contributed by atoms with Crippen molar-refractivity contribution in [2.24, 2.45) is 0 Å². The maximum absolute atomic E-state index is 13.6. The smallest absolute Gasteiger partial charge is 0.307 e. The zero-order valence-corrected chi connectivity index (χ0v) is 14.8. The van der Waals surface area contributed by atoms with Crippen molar-refractivity contribution in [1.82, 2.24) is 10.1 Å². The Hall–Kier alpha value is -3.74. The molecule has 140 valence electrons. The van der Waals surface area contributed by atoms with E-state index < -0.39 is 11.8 Å². The zero-order chi connectivity index (χ0) is 19.8. The van der Waals surface area contributed by atoms with Crippen molar-refractivity contribution in [2.45, 2.75) is 13.3 Å². The van der Waals surface area contributed by atoms with Gasteiger partial charge in [-0.3, -0.25) is 9.59 Å². The molecule has 28 heavy (non-hydrogen) atoms. The lowest BCUT2D eigenvalue weighted by Crippen LogP contribution is -2.03. The van der Waals surface area contributed by atoms with Gasteiger partial charge in [-0.1, -0.05) is 29.4 Å². The van der Waals surface area contributed by atoms with Crippen LogP contribution < -0.4 is 0 Å². The van der Waals surface area contributed by atoms with Crippen LogP contribution in [0.25, 0.3) is 22.2 Å². The number of carbonyl (C=O) groups is 2. The molecule has 4 aromatic rings. The molecule has 2 aromatic carbocycles. The van der Waals surface area contributed by atoms with Gasteiger partial charge in [-0.15, -0.1) is 0 Å². The van der Waals surface area contributed by atoms with Crippen LogP contribution in [-0.4, -0.2) is 27.0 Å². The van der Waals surface area contributed by atoms with Gasteiger partial charge in [-0.25, -0.2) is 4.39 Å². The molecule has 0 radical (unpaired) electrons. The molecular formula is C21H15FN2O4. The molecule has 0 atom stereocenters.